The van der Waals surface area contributed by atoms with Gasteiger partial charge in [-0.05, 0) is 37.3 Å². The lowest BCUT2D eigenvalue weighted by Gasteiger charge is -2.24. The lowest BCUT2D eigenvalue weighted by Crippen LogP contribution is -2.36. The quantitative estimate of drug-likeness (QED) is 0.813. The second-order valence-electron chi connectivity index (χ2n) is 5.61. The molecule has 0 N–H and O–H groups in total. The Morgan fingerprint density at radius 3 is 3.00 bits per heavy atom. The zero-order valence-electron chi connectivity index (χ0n) is 10.7. The highest BCUT2D eigenvalue weighted by atomic mass is 35.5. The van der Waals surface area contributed by atoms with Crippen molar-refractivity contribution in [2.45, 2.75) is 38.1 Å². The van der Waals surface area contributed by atoms with Crippen molar-refractivity contribution >= 4 is 17.5 Å². The number of likely N-dealkylation sites (tertiary alicyclic amines) is 1. The highest BCUT2D eigenvalue weighted by Crippen LogP contribution is 2.35. The molecule has 0 radical (unpaired) electrons. The highest BCUT2D eigenvalue weighted by molar-refractivity contribution is 6.31. The molecule has 1 saturated carbocycles. The Morgan fingerprint density at radius 1 is 1.42 bits per heavy atom. The van der Waals surface area contributed by atoms with Crippen molar-refractivity contribution in [1.29, 1.82) is 0 Å². The first-order valence-electron chi connectivity index (χ1n) is 6.87. The molecule has 19 heavy (non-hydrogen) atoms. The molecule has 1 saturated heterocycles. The number of hydrogen-bond donors (Lipinski definition) is 0. The topological polar surface area (TPSA) is 20.3 Å². The molecule has 2 fully saturated rings. The van der Waals surface area contributed by atoms with Gasteiger partial charge in [0.25, 0.3) is 0 Å². The Labute approximate surface area is 117 Å². The third kappa shape index (κ3) is 2.48. The van der Waals surface area contributed by atoms with Crippen LogP contribution in [0, 0.1) is 11.7 Å². The predicted molar refractivity (Wildman–Crippen MR) is 72.6 cm³/mol. The van der Waals surface area contributed by atoms with Crippen LogP contribution in [0.2, 0.25) is 5.02 Å². The van der Waals surface area contributed by atoms with Gasteiger partial charge in [0.05, 0.1) is 6.42 Å². The summed E-state index contributed by atoms with van der Waals surface area (Å²) in [5.41, 5.74) is 0.329. The maximum Gasteiger partial charge on any atom is 0.227 e. The Balaban J connectivity index is 1.75. The van der Waals surface area contributed by atoms with E-state index in [1.807, 2.05) is 4.90 Å². The molecule has 1 aromatic rings. The number of hydrogen-bond acceptors (Lipinski definition) is 1. The number of halogens is 2. The van der Waals surface area contributed by atoms with Gasteiger partial charge in [-0.15, -0.1) is 0 Å². The van der Waals surface area contributed by atoms with Gasteiger partial charge in [-0.2, -0.15) is 0 Å². The second-order valence-corrected chi connectivity index (χ2v) is 6.02. The van der Waals surface area contributed by atoms with E-state index in [-0.39, 0.29) is 18.1 Å². The zero-order chi connectivity index (χ0) is 13.4. The molecule has 1 aliphatic heterocycles. The van der Waals surface area contributed by atoms with Crippen molar-refractivity contribution in [1.82, 2.24) is 4.90 Å². The van der Waals surface area contributed by atoms with Crippen LogP contribution in [-0.2, 0) is 11.2 Å². The first-order valence-corrected chi connectivity index (χ1v) is 7.25. The number of benzene rings is 1. The van der Waals surface area contributed by atoms with E-state index < -0.39 is 0 Å². The number of carbonyl (C=O) groups is 1. The van der Waals surface area contributed by atoms with E-state index in [1.165, 1.54) is 18.9 Å². The van der Waals surface area contributed by atoms with Crippen LogP contribution < -0.4 is 0 Å². The smallest absolute Gasteiger partial charge is 0.227 e. The van der Waals surface area contributed by atoms with Gasteiger partial charge < -0.3 is 4.90 Å². The maximum atomic E-state index is 13.7. The van der Waals surface area contributed by atoms with Crippen LogP contribution in [0.4, 0.5) is 4.39 Å². The largest absolute Gasteiger partial charge is 0.339 e. The average molecular weight is 282 g/mol. The van der Waals surface area contributed by atoms with Crippen LogP contribution in [0.25, 0.3) is 0 Å². The number of nitrogens with zero attached hydrogens (tertiary/aromatic N) is 1. The summed E-state index contributed by atoms with van der Waals surface area (Å²) in [6.07, 6.45) is 4.72. The van der Waals surface area contributed by atoms with E-state index in [1.54, 1.807) is 12.1 Å². The normalized spacial score (nSPS) is 25.7. The fourth-order valence-electron chi connectivity index (χ4n) is 3.40. The van der Waals surface area contributed by atoms with Gasteiger partial charge in [0, 0.05) is 23.2 Å². The van der Waals surface area contributed by atoms with E-state index in [0.717, 1.165) is 19.4 Å². The van der Waals surface area contributed by atoms with E-state index in [4.69, 9.17) is 11.6 Å². The molecule has 4 heteroatoms. The molecule has 2 aliphatic rings. The van der Waals surface area contributed by atoms with Crippen LogP contribution in [0.15, 0.2) is 18.2 Å². The molecule has 1 heterocycles. The van der Waals surface area contributed by atoms with Gasteiger partial charge in [-0.1, -0.05) is 24.1 Å². The molecule has 1 aromatic carbocycles. The van der Waals surface area contributed by atoms with Crippen LogP contribution in [0.5, 0.6) is 0 Å². The summed E-state index contributed by atoms with van der Waals surface area (Å²) in [6.45, 7) is 0.843. The molecular weight excluding hydrogens is 265 g/mol. The van der Waals surface area contributed by atoms with Gasteiger partial charge in [0.15, 0.2) is 0 Å². The molecule has 2 atom stereocenters. The van der Waals surface area contributed by atoms with Gasteiger partial charge in [-0.25, -0.2) is 4.39 Å². The SMILES string of the molecule is O=C(Cc1c(F)cccc1Cl)N1CC2CCCC1C2. The predicted octanol–water partition coefficient (Wildman–Crippen LogP) is 3.42. The standard InChI is InChI=1S/C15H17ClFNO/c16-13-5-2-6-14(17)12(13)8-15(19)18-9-10-3-1-4-11(18)7-10/h2,5-6,10-11H,1,3-4,7-9H2. The second kappa shape index (κ2) is 5.12. The summed E-state index contributed by atoms with van der Waals surface area (Å²) in [5.74, 6) is 0.281. The number of amides is 1. The van der Waals surface area contributed by atoms with Crippen LogP contribution in [0.3, 0.4) is 0 Å². The fraction of sp³-hybridized carbons (Fsp3) is 0.533. The molecule has 0 spiro atoms. The van der Waals surface area contributed by atoms with Crippen LogP contribution >= 0.6 is 11.6 Å². The van der Waals surface area contributed by atoms with Crippen molar-refractivity contribution in [3.63, 3.8) is 0 Å². The molecule has 1 aliphatic carbocycles. The molecule has 3 rings (SSSR count). The number of rotatable bonds is 2. The Kier molecular flexibility index (Phi) is 3.48. The average Bonchev–Trinajstić information content (AvgIpc) is 2.69. The molecular formula is C15H17ClFNO. The van der Waals surface area contributed by atoms with Crippen LogP contribution in [0.1, 0.15) is 31.2 Å². The third-order valence-corrected chi connectivity index (χ3v) is 4.71. The first kappa shape index (κ1) is 12.9. The van der Waals surface area contributed by atoms with Crippen molar-refractivity contribution in [3.8, 4) is 0 Å². The Hall–Kier alpha value is -1.09. The van der Waals surface area contributed by atoms with E-state index in [0.29, 0.717) is 22.5 Å². The van der Waals surface area contributed by atoms with Crippen molar-refractivity contribution in [2.24, 2.45) is 5.92 Å². The number of carbonyl (C=O) groups excluding carboxylic acids is 1. The molecule has 2 unspecified atom stereocenters. The molecule has 1 amide bonds. The van der Waals surface area contributed by atoms with Crippen molar-refractivity contribution in [2.75, 3.05) is 6.54 Å². The lowest BCUT2D eigenvalue weighted by atomic mass is 9.90. The van der Waals surface area contributed by atoms with Crippen LogP contribution in [-0.4, -0.2) is 23.4 Å². The van der Waals surface area contributed by atoms with Gasteiger partial charge in [0.1, 0.15) is 5.82 Å². The number of fused-ring (bicyclic) bond motifs is 2. The summed E-state index contributed by atoms with van der Waals surface area (Å²) >= 11 is 5.98. The van der Waals surface area contributed by atoms with E-state index in [2.05, 4.69) is 0 Å². The third-order valence-electron chi connectivity index (χ3n) is 4.36. The minimum atomic E-state index is -0.386. The molecule has 102 valence electrons. The fourth-order valence-corrected chi connectivity index (χ4v) is 3.63. The van der Waals surface area contributed by atoms with Gasteiger partial charge >= 0.3 is 0 Å². The Morgan fingerprint density at radius 2 is 2.26 bits per heavy atom. The minimum absolute atomic E-state index is 0.0152. The van der Waals surface area contributed by atoms with Crippen molar-refractivity contribution in [3.05, 3.63) is 34.6 Å². The summed E-state index contributed by atoms with van der Waals surface area (Å²) in [7, 11) is 0. The lowest BCUT2D eigenvalue weighted by molar-refractivity contribution is -0.131. The summed E-state index contributed by atoms with van der Waals surface area (Å²) in [4.78, 5) is 14.3. The van der Waals surface area contributed by atoms with E-state index >= 15 is 0 Å². The summed E-state index contributed by atoms with van der Waals surface area (Å²) in [5, 5.41) is 0.343. The Bertz CT molecular complexity index is 485. The van der Waals surface area contributed by atoms with Gasteiger partial charge in [-0.3, -0.25) is 4.79 Å². The molecule has 2 bridgehead atoms. The summed E-state index contributed by atoms with van der Waals surface area (Å²) in [6, 6.07) is 4.93. The van der Waals surface area contributed by atoms with Crippen molar-refractivity contribution < 1.29 is 9.18 Å². The van der Waals surface area contributed by atoms with Gasteiger partial charge in [0.2, 0.25) is 5.91 Å². The first-order chi connectivity index (χ1) is 9.15. The highest BCUT2D eigenvalue weighted by Gasteiger charge is 2.37. The zero-order valence-corrected chi connectivity index (χ0v) is 11.5. The summed E-state index contributed by atoms with van der Waals surface area (Å²) < 4.78 is 13.7. The molecule has 0 aromatic heterocycles. The molecule has 2 nitrogen and oxygen atoms in total. The minimum Gasteiger partial charge on any atom is -0.339 e. The monoisotopic (exact) mass is 281 g/mol. The maximum absolute atomic E-state index is 13.7. The van der Waals surface area contributed by atoms with E-state index in [9.17, 15) is 9.18 Å².